The SMILES string of the molecule is C#CCN1C(=O)COc2cc(F)c(NC(=O)C(C)(C)CCl)cc21. The summed E-state index contributed by atoms with van der Waals surface area (Å²) in [5, 5.41) is 2.49. The summed E-state index contributed by atoms with van der Waals surface area (Å²) in [6, 6.07) is 2.45. The van der Waals surface area contributed by atoms with Crippen molar-refractivity contribution >= 4 is 34.8 Å². The van der Waals surface area contributed by atoms with Crippen LogP contribution >= 0.6 is 11.6 Å². The van der Waals surface area contributed by atoms with Gasteiger partial charge in [0.15, 0.2) is 12.4 Å². The molecule has 0 atom stereocenters. The monoisotopic (exact) mass is 338 g/mol. The number of alkyl halides is 1. The first-order chi connectivity index (χ1) is 10.8. The molecule has 1 aromatic rings. The molecule has 2 amide bonds. The molecule has 0 saturated carbocycles. The Labute approximate surface area is 138 Å². The number of carbonyl (C=O) groups is 2. The predicted octanol–water partition coefficient (Wildman–Crippen LogP) is 2.39. The van der Waals surface area contributed by atoms with E-state index in [0.717, 1.165) is 6.07 Å². The number of anilines is 2. The molecule has 0 aliphatic carbocycles. The largest absolute Gasteiger partial charge is 0.481 e. The Kier molecular flexibility index (Phi) is 4.81. The fraction of sp³-hybridized carbons (Fsp3) is 0.375. The van der Waals surface area contributed by atoms with Gasteiger partial charge in [0.05, 0.1) is 23.3 Å². The number of carbonyl (C=O) groups excluding carboxylic acids is 2. The third kappa shape index (κ3) is 3.40. The lowest BCUT2D eigenvalue weighted by Gasteiger charge is -2.29. The lowest BCUT2D eigenvalue weighted by Crippen LogP contribution is -2.39. The van der Waals surface area contributed by atoms with Gasteiger partial charge in [-0.3, -0.25) is 14.5 Å². The Morgan fingerprint density at radius 3 is 2.87 bits per heavy atom. The molecule has 0 saturated heterocycles. The van der Waals surface area contributed by atoms with Crippen molar-refractivity contribution in [2.45, 2.75) is 13.8 Å². The first kappa shape index (κ1) is 17.1. The summed E-state index contributed by atoms with van der Waals surface area (Å²) in [6.07, 6.45) is 5.26. The average molecular weight is 339 g/mol. The number of halogens is 2. The zero-order valence-corrected chi connectivity index (χ0v) is 13.5. The number of nitrogens with one attached hydrogen (secondary N) is 1. The lowest BCUT2D eigenvalue weighted by atomic mass is 9.95. The number of hydrogen-bond donors (Lipinski definition) is 1. The maximum atomic E-state index is 14.2. The highest BCUT2D eigenvalue weighted by atomic mass is 35.5. The minimum atomic E-state index is -0.866. The molecule has 23 heavy (non-hydrogen) atoms. The summed E-state index contributed by atoms with van der Waals surface area (Å²) in [5.74, 6) is 1.21. The third-order valence-corrected chi connectivity index (χ3v) is 4.11. The predicted molar refractivity (Wildman–Crippen MR) is 86.2 cm³/mol. The van der Waals surface area contributed by atoms with Crippen molar-refractivity contribution in [3.05, 3.63) is 17.9 Å². The second-order valence-electron chi connectivity index (χ2n) is 5.74. The van der Waals surface area contributed by atoms with E-state index >= 15 is 0 Å². The highest BCUT2D eigenvalue weighted by Gasteiger charge is 2.30. The van der Waals surface area contributed by atoms with Gasteiger partial charge in [-0.2, -0.15) is 0 Å². The van der Waals surface area contributed by atoms with Gasteiger partial charge in [-0.15, -0.1) is 18.0 Å². The van der Waals surface area contributed by atoms with Crippen molar-refractivity contribution in [1.29, 1.82) is 0 Å². The minimum Gasteiger partial charge on any atom is -0.481 e. The van der Waals surface area contributed by atoms with Crippen LogP contribution in [0.3, 0.4) is 0 Å². The van der Waals surface area contributed by atoms with Crippen molar-refractivity contribution in [1.82, 2.24) is 0 Å². The van der Waals surface area contributed by atoms with E-state index in [4.69, 9.17) is 22.8 Å². The number of terminal acetylenes is 1. The highest BCUT2D eigenvalue weighted by molar-refractivity contribution is 6.20. The minimum absolute atomic E-state index is 0.0292. The molecule has 0 aromatic heterocycles. The van der Waals surface area contributed by atoms with E-state index in [1.807, 2.05) is 0 Å². The van der Waals surface area contributed by atoms with Gasteiger partial charge in [-0.1, -0.05) is 5.92 Å². The normalized spacial score (nSPS) is 13.9. The van der Waals surface area contributed by atoms with Gasteiger partial charge in [0.1, 0.15) is 5.75 Å². The standard InChI is InChI=1S/C16H16ClFN2O3/c1-4-5-20-12-7-11(19-15(22)16(2,3)9-17)10(18)6-13(12)23-8-14(20)21/h1,6-7H,5,8-9H2,2-3H3,(H,19,22). The highest BCUT2D eigenvalue weighted by Crippen LogP contribution is 2.36. The molecule has 0 bridgehead atoms. The zero-order chi connectivity index (χ0) is 17.2. The van der Waals surface area contributed by atoms with E-state index in [9.17, 15) is 14.0 Å². The number of nitrogens with zero attached hydrogens (tertiary/aromatic N) is 1. The number of fused-ring (bicyclic) bond motifs is 1. The topological polar surface area (TPSA) is 58.6 Å². The van der Waals surface area contributed by atoms with Crippen LogP contribution in [0.2, 0.25) is 0 Å². The fourth-order valence-electron chi connectivity index (χ4n) is 1.93. The van der Waals surface area contributed by atoms with Crippen LogP contribution in [-0.4, -0.2) is 30.8 Å². The summed E-state index contributed by atoms with van der Waals surface area (Å²) >= 11 is 5.74. The van der Waals surface area contributed by atoms with E-state index in [-0.39, 0.29) is 36.4 Å². The average Bonchev–Trinajstić information content (AvgIpc) is 2.51. The molecule has 1 aliphatic rings. The van der Waals surface area contributed by atoms with Gasteiger partial charge in [-0.05, 0) is 19.9 Å². The van der Waals surface area contributed by atoms with Crippen LogP contribution < -0.4 is 15.0 Å². The molecule has 122 valence electrons. The van der Waals surface area contributed by atoms with Crippen molar-refractivity contribution < 1.29 is 18.7 Å². The number of ether oxygens (including phenoxy) is 1. The van der Waals surface area contributed by atoms with Crippen LogP contribution in [0.4, 0.5) is 15.8 Å². The molecule has 5 nitrogen and oxygen atoms in total. The van der Waals surface area contributed by atoms with Gasteiger partial charge < -0.3 is 10.1 Å². The molecule has 1 heterocycles. The molecule has 1 aliphatic heterocycles. The van der Waals surface area contributed by atoms with E-state index in [1.165, 1.54) is 11.0 Å². The number of amides is 2. The lowest BCUT2D eigenvalue weighted by molar-refractivity contribution is -0.123. The summed E-state index contributed by atoms with van der Waals surface area (Å²) in [7, 11) is 0. The second kappa shape index (κ2) is 6.47. The van der Waals surface area contributed by atoms with Crippen LogP contribution in [0.15, 0.2) is 12.1 Å². The number of benzene rings is 1. The Hall–Kier alpha value is -2.26. The first-order valence-electron chi connectivity index (χ1n) is 6.87. The smallest absolute Gasteiger partial charge is 0.265 e. The van der Waals surface area contributed by atoms with E-state index in [1.54, 1.807) is 13.8 Å². The van der Waals surface area contributed by atoms with Gasteiger partial charge >= 0.3 is 0 Å². The van der Waals surface area contributed by atoms with Crippen molar-refractivity contribution in [2.75, 3.05) is 29.2 Å². The summed E-state index contributed by atoms with van der Waals surface area (Å²) in [4.78, 5) is 25.3. The van der Waals surface area contributed by atoms with Gasteiger partial charge in [0, 0.05) is 11.9 Å². The molecule has 0 unspecified atom stereocenters. The molecule has 7 heteroatoms. The van der Waals surface area contributed by atoms with Gasteiger partial charge in [0.25, 0.3) is 5.91 Å². The van der Waals surface area contributed by atoms with Crippen molar-refractivity contribution in [3.8, 4) is 18.1 Å². The molecule has 1 N–H and O–H groups in total. The zero-order valence-electron chi connectivity index (χ0n) is 12.8. The quantitative estimate of drug-likeness (QED) is 0.677. The molecule has 1 aromatic carbocycles. The summed E-state index contributed by atoms with van der Waals surface area (Å²) < 4.78 is 19.4. The van der Waals surface area contributed by atoms with E-state index in [2.05, 4.69) is 11.2 Å². The maximum Gasteiger partial charge on any atom is 0.265 e. The van der Waals surface area contributed by atoms with Gasteiger partial charge in [0.2, 0.25) is 5.91 Å². The van der Waals surface area contributed by atoms with Crippen LogP contribution in [0.5, 0.6) is 5.75 Å². The van der Waals surface area contributed by atoms with Crippen molar-refractivity contribution in [3.63, 3.8) is 0 Å². The van der Waals surface area contributed by atoms with Gasteiger partial charge in [-0.25, -0.2) is 4.39 Å². The molecule has 0 fully saturated rings. The van der Waals surface area contributed by atoms with Crippen LogP contribution in [0.1, 0.15) is 13.8 Å². The second-order valence-corrected chi connectivity index (χ2v) is 6.01. The number of rotatable bonds is 4. The Bertz CT molecular complexity index is 697. The first-order valence-corrected chi connectivity index (χ1v) is 7.41. The molecule has 2 rings (SSSR count). The number of hydrogen-bond acceptors (Lipinski definition) is 3. The fourth-order valence-corrected chi connectivity index (χ4v) is 2.06. The maximum absolute atomic E-state index is 14.2. The molecular weight excluding hydrogens is 323 g/mol. The summed E-state index contributed by atoms with van der Waals surface area (Å²) in [6.45, 7) is 3.10. The van der Waals surface area contributed by atoms with E-state index < -0.39 is 17.1 Å². The summed E-state index contributed by atoms with van der Waals surface area (Å²) in [5.41, 5.74) is -0.610. The third-order valence-electron chi connectivity index (χ3n) is 3.44. The van der Waals surface area contributed by atoms with Crippen LogP contribution in [0, 0.1) is 23.6 Å². The molecule has 0 spiro atoms. The van der Waals surface area contributed by atoms with Crippen LogP contribution in [0.25, 0.3) is 0 Å². The Morgan fingerprint density at radius 2 is 2.26 bits per heavy atom. The van der Waals surface area contributed by atoms with Crippen LogP contribution in [-0.2, 0) is 9.59 Å². The Balaban J connectivity index is 2.39. The molecular formula is C16H16ClFN2O3. The molecule has 0 radical (unpaired) electrons. The van der Waals surface area contributed by atoms with Crippen molar-refractivity contribution in [2.24, 2.45) is 5.41 Å². The Morgan fingerprint density at radius 1 is 1.57 bits per heavy atom. The van der Waals surface area contributed by atoms with E-state index in [0.29, 0.717) is 5.69 Å².